The number of benzene rings is 1. The minimum atomic E-state index is -0.451. The SMILES string of the molecule is CCCC1CCCN(c2c(F)cc(CCN)cc2F)CC1. The summed E-state index contributed by atoms with van der Waals surface area (Å²) in [4.78, 5) is 1.88. The van der Waals surface area contributed by atoms with Crippen molar-refractivity contribution in [2.75, 3.05) is 24.5 Å². The van der Waals surface area contributed by atoms with Crippen LogP contribution in [-0.4, -0.2) is 19.6 Å². The maximum absolute atomic E-state index is 14.3. The van der Waals surface area contributed by atoms with Crippen molar-refractivity contribution in [2.45, 2.75) is 45.4 Å². The van der Waals surface area contributed by atoms with Crippen LogP contribution < -0.4 is 10.6 Å². The summed E-state index contributed by atoms with van der Waals surface area (Å²) in [6.45, 7) is 4.08. The Bertz CT molecular complexity index is 439. The largest absolute Gasteiger partial charge is 0.367 e. The molecule has 118 valence electrons. The van der Waals surface area contributed by atoms with Gasteiger partial charge in [-0.3, -0.25) is 0 Å². The molecule has 0 spiro atoms. The minimum Gasteiger partial charge on any atom is -0.367 e. The molecule has 0 aliphatic carbocycles. The van der Waals surface area contributed by atoms with Crippen LogP contribution in [0.3, 0.4) is 0 Å². The third-order valence-electron chi connectivity index (χ3n) is 4.37. The predicted octanol–water partition coefficient (Wildman–Crippen LogP) is 3.87. The first-order valence-electron chi connectivity index (χ1n) is 8.08. The maximum Gasteiger partial charge on any atom is 0.149 e. The van der Waals surface area contributed by atoms with Gasteiger partial charge in [-0.05, 0) is 55.8 Å². The zero-order chi connectivity index (χ0) is 15.2. The van der Waals surface area contributed by atoms with Crippen molar-refractivity contribution in [3.63, 3.8) is 0 Å². The van der Waals surface area contributed by atoms with Crippen LogP contribution in [-0.2, 0) is 6.42 Å². The molecule has 2 N–H and O–H groups in total. The fourth-order valence-corrected chi connectivity index (χ4v) is 3.32. The molecule has 1 heterocycles. The van der Waals surface area contributed by atoms with Crippen molar-refractivity contribution in [3.8, 4) is 0 Å². The van der Waals surface area contributed by atoms with Crippen LogP contribution in [0.4, 0.5) is 14.5 Å². The molecule has 0 saturated carbocycles. The summed E-state index contributed by atoms with van der Waals surface area (Å²) in [5.74, 6) is -0.206. The van der Waals surface area contributed by atoms with Crippen molar-refractivity contribution >= 4 is 5.69 Å². The third-order valence-corrected chi connectivity index (χ3v) is 4.37. The Kier molecular flexibility index (Phi) is 5.97. The smallest absolute Gasteiger partial charge is 0.149 e. The van der Waals surface area contributed by atoms with Crippen molar-refractivity contribution in [3.05, 3.63) is 29.3 Å². The van der Waals surface area contributed by atoms with Gasteiger partial charge in [-0.1, -0.05) is 19.8 Å². The molecule has 1 aromatic rings. The highest BCUT2D eigenvalue weighted by molar-refractivity contribution is 5.51. The number of anilines is 1. The van der Waals surface area contributed by atoms with E-state index in [1.165, 1.54) is 31.4 Å². The van der Waals surface area contributed by atoms with E-state index in [1.807, 2.05) is 4.90 Å². The topological polar surface area (TPSA) is 29.3 Å². The van der Waals surface area contributed by atoms with Crippen LogP contribution in [0, 0.1) is 17.6 Å². The molecular formula is C17H26F2N2. The van der Waals surface area contributed by atoms with Gasteiger partial charge in [0.25, 0.3) is 0 Å². The van der Waals surface area contributed by atoms with E-state index in [0.717, 1.165) is 25.9 Å². The first kappa shape index (κ1) is 16.2. The molecule has 2 nitrogen and oxygen atoms in total. The fourth-order valence-electron chi connectivity index (χ4n) is 3.32. The average molecular weight is 296 g/mol. The van der Waals surface area contributed by atoms with Crippen LogP contribution >= 0.6 is 0 Å². The van der Waals surface area contributed by atoms with Gasteiger partial charge in [0, 0.05) is 13.1 Å². The second-order valence-corrected chi connectivity index (χ2v) is 6.02. The second-order valence-electron chi connectivity index (χ2n) is 6.02. The van der Waals surface area contributed by atoms with E-state index >= 15 is 0 Å². The summed E-state index contributed by atoms with van der Waals surface area (Å²) >= 11 is 0. The Labute approximate surface area is 126 Å². The Morgan fingerprint density at radius 2 is 1.90 bits per heavy atom. The molecule has 1 aliphatic heterocycles. The molecule has 1 unspecified atom stereocenters. The number of nitrogens with two attached hydrogens (primary N) is 1. The molecule has 21 heavy (non-hydrogen) atoms. The summed E-state index contributed by atoms with van der Waals surface area (Å²) in [5.41, 5.74) is 6.23. The summed E-state index contributed by atoms with van der Waals surface area (Å²) in [5, 5.41) is 0. The number of nitrogens with zero attached hydrogens (tertiary/aromatic N) is 1. The van der Waals surface area contributed by atoms with E-state index in [4.69, 9.17) is 5.73 Å². The third kappa shape index (κ3) is 4.16. The summed E-state index contributed by atoms with van der Waals surface area (Å²) in [6.07, 6.45) is 6.10. The molecule has 4 heteroatoms. The lowest BCUT2D eigenvalue weighted by molar-refractivity contribution is 0.435. The summed E-state index contributed by atoms with van der Waals surface area (Å²) < 4.78 is 28.5. The van der Waals surface area contributed by atoms with E-state index in [1.54, 1.807) is 0 Å². The number of hydrogen-bond donors (Lipinski definition) is 1. The fraction of sp³-hybridized carbons (Fsp3) is 0.647. The van der Waals surface area contributed by atoms with Crippen LogP contribution in [0.15, 0.2) is 12.1 Å². The normalized spacial score (nSPS) is 19.6. The zero-order valence-electron chi connectivity index (χ0n) is 12.9. The van der Waals surface area contributed by atoms with Crippen LogP contribution in [0.2, 0.25) is 0 Å². The van der Waals surface area contributed by atoms with Crippen molar-refractivity contribution in [1.29, 1.82) is 0 Å². The highest BCUT2D eigenvalue weighted by atomic mass is 19.1. The second kappa shape index (κ2) is 7.74. The van der Waals surface area contributed by atoms with Crippen molar-refractivity contribution < 1.29 is 8.78 Å². The van der Waals surface area contributed by atoms with Gasteiger partial charge in [0.15, 0.2) is 0 Å². The molecule has 1 fully saturated rings. The average Bonchev–Trinajstić information content (AvgIpc) is 2.65. The van der Waals surface area contributed by atoms with Crippen molar-refractivity contribution in [2.24, 2.45) is 11.7 Å². The Morgan fingerprint density at radius 3 is 2.52 bits per heavy atom. The van der Waals surface area contributed by atoms with Crippen LogP contribution in [0.1, 0.15) is 44.6 Å². The number of rotatable bonds is 5. The van der Waals surface area contributed by atoms with Gasteiger partial charge in [0.2, 0.25) is 0 Å². The molecule has 1 atom stereocenters. The Hall–Kier alpha value is -1.16. The highest BCUT2D eigenvalue weighted by Crippen LogP contribution is 2.30. The molecule has 0 aromatic heterocycles. The molecule has 2 rings (SSSR count). The standard InChI is InChI=1S/C17H26F2N2/c1-2-4-13-5-3-9-21(10-7-13)17-15(18)11-14(6-8-20)12-16(17)19/h11-13H,2-10,20H2,1H3. The van der Waals surface area contributed by atoms with Gasteiger partial charge in [-0.15, -0.1) is 0 Å². The van der Waals surface area contributed by atoms with E-state index in [2.05, 4.69) is 6.92 Å². The van der Waals surface area contributed by atoms with Gasteiger partial charge < -0.3 is 10.6 Å². The number of halogens is 2. The molecular weight excluding hydrogens is 270 g/mol. The molecule has 1 aromatic carbocycles. The Morgan fingerprint density at radius 1 is 1.19 bits per heavy atom. The molecule has 0 bridgehead atoms. The predicted molar refractivity (Wildman–Crippen MR) is 83.6 cm³/mol. The zero-order valence-corrected chi connectivity index (χ0v) is 12.9. The van der Waals surface area contributed by atoms with Crippen molar-refractivity contribution in [1.82, 2.24) is 0 Å². The van der Waals surface area contributed by atoms with Crippen LogP contribution in [0.5, 0.6) is 0 Å². The lowest BCUT2D eigenvalue weighted by Crippen LogP contribution is -2.26. The van der Waals surface area contributed by atoms with E-state index in [0.29, 0.717) is 24.4 Å². The molecule has 1 aliphatic rings. The minimum absolute atomic E-state index is 0.146. The van der Waals surface area contributed by atoms with Gasteiger partial charge in [0.05, 0.1) is 0 Å². The highest BCUT2D eigenvalue weighted by Gasteiger charge is 2.22. The van der Waals surface area contributed by atoms with Gasteiger partial charge >= 0.3 is 0 Å². The molecule has 0 amide bonds. The quantitative estimate of drug-likeness (QED) is 0.893. The first-order valence-corrected chi connectivity index (χ1v) is 8.08. The lowest BCUT2D eigenvalue weighted by Gasteiger charge is -2.24. The van der Waals surface area contributed by atoms with E-state index in [-0.39, 0.29) is 5.69 Å². The van der Waals surface area contributed by atoms with Gasteiger partial charge in [-0.2, -0.15) is 0 Å². The first-order chi connectivity index (χ1) is 10.2. The molecule has 1 saturated heterocycles. The maximum atomic E-state index is 14.3. The lowest BCUT2D eigenvalue weighted by atomic mass is 9.96. The Balaban J connectivity index is 2.14. The monoisotopic (exact) mass is 296 g/mol. The van der Waals surface area contributed by atoms with Crippen LogP contribution in [0.25, 0.3) is 0 Å². The van der Waals surface area contributed by atoms with E-state index in [9.17, 15) is 8.78 Å². The van der Waals surface area contributed by atoms with E-state index < -0.39 is 11.6 Å². The van der Waals surface area contributed by atoms with Gasteiger partial charge in [0.1, 0.15) is 17.3 Å². The molecule has 0 radical (unpaired) electrons. The van der Waals surface area contributed by atoms with Gasteiger partial charge in [-0.25, -0.2) is 8.78 Å². The summed E-state index contributed by atoms with van der Waals surface area (Å²) in [6, 6.07) is 2.86. The number of hydrogen-bond acceptors (Lipinski definition) is 2. The summed E-state index contributed by atoms with van der Waals surface area (Å²) in [7, 11) is 0.